The first-order valence-electron chi connectivity index (χ1n) is 8.54. The number of rotatable bonds is 2. The molecular weight excluding hydrogens is 290 g/mol. The molecule has 1 aromatic rings. The first kappa shape index (κ1) is 16.2. The van der Waals surface area contributed by atoms with Gasteiger partial charge in [0, 0.05) is 50.6 Å². The molecule has 0 aromatic carbocycles. The Balaban J connectivity index is 1.90. The van der Waals surface area contributed by atoms with Crippen LogP contribution in [0.3, 0.4) is 0 Å². The molecule has 1 amide bonds. The molecule has 3 heterocycles. The maximum absolute atomic E-state index is 12.4. The van der Waals surface area contributed by atoms with Gasteiger partial charge in [-0.2, -0.15) is 0 Å². The lowest BCUT2D eigenvalue weighted by molar-refractivity contribution is -0.135. The number of nitrogens with zero attached hydrogens (tertiary/aromatic N) is 5. The summed E-state index contributed by atoms with van der Waals surface area (Å²) in [5.74, 6) is 2.14. The topological polar surface area (TPSA) is 52.6 Å². The minimum absolute atomic E-state index is 0.0370. The predicted molar refractivity (Wildman–Crippen MR) is 90.4 cm³/mol. The summed E-state index contributed by atoms with van der Waals surface area (Å²) in [6.07, 6.45) is 0.831. The lowest BCUT2D eigenvalue weighted by Gasteiger charge is -2.37. The van der Waals surface area contributed by atoms with Crippen LogP contribution in [-0.4, -0.2) is 65.4 Å². The quantitative estimate of drug-likeness (QED) is 0.817. The van der Waals surface area contributed by atoms with Gasteiger partial charge in [0.2, 0.25) is 5.91 Å². The highest BCUT2D eigenvalue weighted by atomic mass is 16.2. The third-order valence-electron chi connectivity index (χ3n) is 4.76. The summed E-state index contributed by atoms with van der Waals surface area (Å²) in [4.78, 5) is 28.4. The maximum Gasteiger partial charge on any atom is 0.225 e. The summed E-state index contributed by atoms with van der Waals surface area (Å²) in [6, 6.07) is 0. The monoisotopic (exact) mass is 317 g/mol. The molecule has 1 saturated heterocycles. The van der Waals surface area contributed by atoms with Crippen molar-refractivity contribution < 1.29 is 4.79 Å². The smallest absolute Gasteiger partial charge is 0.225 e. The van der Waals surface area contributed by atoms with Gasteiger partial charge in [-0.15, -0.1) is 0 Å². The Morgan fingerprint density at radius 3 is 2.43 bits per heavy atom. The molecule has 2 aliphatic rings. The normalized spacial score (nSPS) is 19.2. The first-order chi connectivity index (χ1) is 11.0. The van der Waals surface area contributed by atoms with Gasteiger partial charge in [0.1, 0.15) is 11.6 Å². The Morgan fingerprint density at radius 2 is 1.78 bits per heavy atom. The van der Waals surface area contributed by atoms with E-state index in [1.54, 1.807) is 0 Å². The summed E-state index contributed by atoms with van der Waals surface area (Å²) in [7, 11) is 2.15. The largest absolute Gasteiger partial charge is 0.354 e. The first-order valence-corrected chi connectivity index (χ1v) is 8.54. The molecule has 0 spiro atoms. The van der Waals surface area contributed by atoms with Gasteiger partial charge < -0.3 is 14.7 Å². The molecule has 1 fully saturated rings. The molecule has 0 bridgehead atoms. The summed E-state index contributed by atoms with van der Waals surface area (Å²) < 4.78 is 0. The number of hydrogen-bond donors (Lipinski definition) is 0. The Labute approximate surface area is 138 Å². The number of fused-ring (bicyclic) bond motifs is 1. The molecule has 1 aromatic heterocycles. The number of carbonyl (C=O) groups is 1. The predicted octanol–water partition coefficient (Wildman–Crippen LogP) is 1.08. The lowest BCUT2D eigenvalue weighted by Crippen LogP contribution is -2.46. The van der Waals surface area contributed by atoms with E-state index in [4.69, 9.17) is 4.98 Å². The Bertz CT molecular complexity index is 593. The van der Waals surface area contributed by atoms with Gasteiger partial charge in [-0.3, -0.25) is 4.79 Å². The molecule has 0 saturated carbocycles. The second-order valence-corrected chi connectivity index (χ2v) is 6.97. The van der Waals surface area contributed by atoms with Crippen molar-refractivity contribution in [2.24, 2.45) is 5.92 Å². The molecule has 126 valence electrons. The van der Waals surface area contributed by atoms with E-state index in [0.717, 1.165) is 62.0 Å². The zero-order valence-electron chi connectivity index (χ0n) is 14.7. The van der Waals surface area contributed by atoms with Crippen molar-refractivity contribution >= 4 is 11.7 Å². The van der Waals surface area contributed by atoms with Crippen LogP contribution in [0.1, 0.15) is 30.9 Å². The zero-order chi connectivity index (χ0) is 16.6. The molecule has 0 aliphatic carbocycles. The summed E-state index contributed by atoms with van der Waals surface area (Å²) in [5, 5.41) is 0. The average Bonchev–Trinajstić information content (AvgIpc) is 2.53. The fourth-order valence-electron chi connectivity index (χ4n) is 3.35. The molecule has 0 unspecified atom stereocenters. The van der Waals surface area contributed by atoms with E-state index in [1.807, 2.05) is 25.7 Å². The highest BCUT2D eigenvalue weighted by Gasteiger charge is 2.28. The molecule has 6 heteroatoms. The van der Waals surface area contributed by atoms with Crippen LogP contribution in [0, 0.1) is 12.8 Å². The molecular formula is C17H27N5O. The van der Waals surface area contributed by atoms with E-state index in [0.29, 0.717) is 6.54 Å². The fourth-order valence-corrected chi connectivity index (χ4v) is 3.35. The molecule has 0 N–H and O–H groups in total. The van der Waals surface area contributed by atoms with Crippen LogP contribution in [0.4, 0.5) is 5.82 Å². The van der Waals surface area contributed by atoms with Crippen molar-refractivity contribution in [3.05, 3.63) is 17.1 Å². The number of hydrogen-bond acceptors (Lipinski definition) is 5. The van der Waals surface area contributed by atoms with E-state index in [2.05, 4.69) is 21.8 Å². The Hall–Kier alpha value is -1.69. The van der Waals surface area contributed by atoms with Gasteiger partial charge >= 0.3 is 0 Å². The number of piperazine rings is 1. The summed E-state index contributed by atoms with van der Waals surface area (Å²) in [5.41, 5.74) is 2.28. The van der Waals surface area contributed by atoms with Gasteiger partial charge in [-0.1, -0.05) is 13.8 Å². The highest BCUT2D eigenvalue weighted by Crippen LogP contribution is 2.28. The maximum atomic E-state index is 12.4. The van der Waals surface area contributed by atoms with Crippen molar-refractivity contribution in [2.45, 2.75) is 33.7 Å². The number of carbonyl (C=O) groups excluding carboxylic acids is 1. The van der Waals surface area contributed by atoms with Gasteiger partial charge in [0.25, 0.3) is 0 Å². The third-order valence-corrected chi connectivity index (χ3v) is 4.76. The number of aryl methyl sites for hydroxylation is 1. The van der Waals surface area contributed by atoms with Crippen LogP contribution in [0.15, 0.2) is 0 Å². The number of anilines is 1. The van der Waals surface area contributed by atoms with Crippen LogP contribution in [-0.2, 0) is 17.8 Å². The van der Waals surface area contributed by atoms with Gasteiger partial charge in [-0.25, -0.2) is 9.97 Å². The minimum atomic E-state index is 0.0370. The van der Waals surface area contributed by atoms with Crippen molar-refractivity contribution in [1.82, 2.24) is 19.8 Å². The van der Waals surface area contributed by atoms with Crippen LogP contribution >= 0.6 is 0 Å². The average molecular weight is 317 g/mol. The van der Waals surface area contributed by atoms with Crippen LogP contribution in [0.25, 0.3) is 0 Å². The number of amides is 1. The van der Waals surface area contributed by atoms with E-state index >= 15 is 0 Å². The molecule has 3 rings (SSSR count). The third kappa shape index (κ3) is 3.32. The zero-order valence-corrected chi connectivity index (χ0v) is 14.7. The van der Waals surface area contributed by atoms with Crippen molar-refractivity contribution in [3.63, 3.8) is 0 Å². The van der Waals surface area contributed by atoms with Gasteiger partial charge in [-0.05, 0) is 14.0 Å². The van der Waals surface area contributed by atoms with Gasteiger partial charge in [0.15, 0.2) is 0 Å². The molecule has 6 nitrogen and oxygen atoms in total. The van der Waals surface area contributed by atoms with Crippen molar-refractivity contribution in [1.29, 1.82) is 0 Å². The highest BCUT2D eigenvalue weighted by molar-refractivity contribution is 5.78. The number of aromatic nitrogens is 2. The molecule has 23 heavy (non-hydrogen) atoms. The SMILES string of the molecule is Cc1nc2c(c(N3CCN(C)CC3)n1)CN(C(=O)C(C)C)CC2. The van der Waals surface area contributed by atoms with E-state index in [1.165, 1.54) is 0 Å². The van der Waals surface area contributed by atoms with Crippen LogP contribution in [0.2, 0.25) is 0 Å². The minimum Gasteiger partial charge on any atom is -0.354 e. The summed E-state index contributed by atoms with van der Waals surface area (Å²) in [6.45, 7) is 11.4. The number of likely N-dealkylation sites (N-methyl/N-ethyl adjacent to an activating group) is 1. The van der Waals surface area contributed by atoms with E-state index in [9.17, 15) is 4.79 Å². The second-order valence-electron chi connectivity index (χ2n) is 6.97. The Kier molecular flexibility index (Phi) is 4.53. The van der Waals surface area contributed by atoms with Crippen LogP contribution in [0.5, 0.6) is 0 Å². The van der Waals surface area contributed by atoms with Crippen molar-refractivity contribution in [3.8, 4) is 0 Å². The van der Waals surface area contributed by atoms with Crippen LogP contribution < -0.4 is 4.90 Å². The second kappa shape index (κ2) is 6.43. The van der Waals surface area contributed by atoms with E-state index < -0.39 is 0 Å². The van der Waals surface area contributed by atoms with Crippen molar-refractivity contribution in [2.75, 3.05) is 44.7 Å². The molecule has 0 atom stereocenters. The van der Waals surface area contributed by atoms with E-state index in [-0.39, 0.29) is 11.8 Å². The Morgan fingerprint density at radius 1 is 1.09 bits per heavy atom. The molecule has 2 aliphatic heterocycles. The lowest BCUT2D eigenvalue weighted by atomic mass is 10.0. The summed E-state index contributed by atoms with van der Waals surface area (Å²) >= 11 is 0. The fraction of sp³-hybridized carbons (Fsp3) is 0.706. The standard InChI is InChI=1S/C17H27N5O/c1-12(2)17(23)22-6-5-15-14(11-22)16(19-13(3)18-15)21-9-7-20(4)8-10-21/h12H,5-11H2,1-4H3. The molecule has 0 radical (unpaired) electrons. The van der Waals surface area contributed by atoms with Gasteiger partial charge in [0.05, 0.1) is 12.2 Å².